The van der Waals surface area contributed by atoms with Gasteiger partial charge in [0.05, 0.1) is 21.6 Å². The lowest BCUT2D eigenvalue weighted by atomic mass is 9.87. The van der Waals surface area contributed by atoms with Crippen molar-refractivity contribution in [2.24, 2.45) is 5.41 Å². The van der Waals surface area contributed by atoms with Crippen LogP contribution in [0.4, 0.5) is 10.1 Å². The fourth-order valence-corrected chi connectivity index (χ4v) is 5.32. The Kier molecular flexibility index (Phi) is 4.90. The number of hydrogen-bond acceptors (Lipinski definition) is 4. The third kappa shape index (κ3) is 3.10. The van der Waals surface area contributed by atoms with Crippen LogP contribution in [-0.2, 0) is 0 Å². The number of aromatic carboxylic acids is 1. The Morgan fingerprint density at radius 2 is 1.97 bits per heavy atom. The molecule has 1 aliphatic heterocycles. The molecule has 6 nitrogen and oxygen atoms in total. The molecule has 2 aliphatic rings. The summed E-state index contributed by atoms with van der Waals surface area (Å²) in [6.07, 6.45) is 3.12. The Morgan fingerprint density at radius 3 is 2.47 bits per heavy atom. The van der Waals surface area contributed by atoms with E-state index in [0.717, 1.165) is 12.8 Å². The zero-order chi connectivity index (χ0) is 22.1. The van der Waals surface area contributed by atoms with Crippen LogP contribution in [-0.4, -0.2) is 53.8 Å². The smallest absolute Gasteiger partial charge is 0.341 e. The molecule has 8 heteroatoms. The molecule has 1 atom stereocenters. The zero-order valence-corrected chi connectivity index (χ0v) is 18.7. The fourth-order valence-electron chi connectivity index (χ4n) is 4.92. The Bertz CT molecular complexity index is 1120. The molecule has 4 rings (SSSR count). The standard InChI is InChI=1S/C22H27ClFN3O3/c1-11-15-18(27(12-6-7-12)8-13(20(15)28)21(29)30)16(23)19(17(11)24)26-9-14(25(4)5)22(2,3)10-26/h8,12,14H,6-7,9-10H2,1-5H3,(H,29,30)/t14-/m1/s1. The lowest BCUT2D eigenvalue weighted by molar-refractivity contribution is 0.0695. The van der Waals surface area contributed by atoms with Crippen molar-refractivity contribution in [2.75, 3.05) is 32.1 Å². The van der Waals surface area contributed by atoms with E-state index < -0.39 is 17.2 Å². The summed E-state index contributed by atoms with van der Waals surface area (Å²) in [6, 6.07) is 0.287. The van der Waals surface area contributed by atoms with Crippen molar-refractivity contribution < 1.29 is 14.3 Å². The topological polar surface area (TPSA) is 65.8 Å². The normalized spacial score (nSPS) is 21.1. The maximum absolute atomic E-state index is 15.7. The molecule has 0 spiro atoms. The van der Waals surface area contributed by atoms with Crippen LogP contribution in [0.5, 0.6) is 0 Å². The molecule has 162 valence electrons. The van der Waals surface area contributed by atoms with Gasteiger partial charge in [0.2, 0.25) is 5.43 Å². The Morgan fingerprint density at radius 1 is 1.33 bits per heavy atom. The van der Waals surface area contributed by atoms with Crippen molar-refractivity contribution in [3.8, 4) is 0 Å². The van der Waals surface area contributed by atoms with Gasteiger partial charge in [0.1, 0.15) is 5.56 Å². The number of carboxylic acids is 1. The Hall–Kier alpha value is -2.12. The first kappa shape index (κ1) is 21.1. The number of hydrogen-bond donors (Lipinski definition) is 1. The molecule has 1 N–H and O–H groups in total. The van der Waals surface area contributed by atoms with Crippen LogP contribution >= 0.6 is 11.6 Å². The molecule has 0 bridgehead atoms. The van der Waals surface area contributed by atoms with E-state index in [2.05, 4.69) is 18.7 Å². The summed E-state index contributed by atoms with van der Waals surface area (Å²) in [7, 11) is 4.02. The summed E-state index contributed by atoms with van der Waals surface area (Å²) in [5, 5.41) is 9.74. The SMILES string of the molecule is Cc1c(F)c(N2C[C@@H](N(C)C)C(C)(C)C2)c(Cl)c2c1c(=O)c(C(=O)O)cn2C1CC1. The first-order chi connectivity index (χ1) is 14.0. The van der Waals surface area contributed by atoms with E-state index in [1.165, 1.54) is 13.1 Å². The molecule has 1 aliphatic carbocycles. The number of benzene rings is 1. The minimum absolute atomic E-state index is 0.0654. The monoisotopic (exact) mass is 435 g/mol. The summed E-state index contributed by atoms with van der Waals surface area (Å²) in [5.74, 6) is -1.86. The van der Waals surface area contributed by atoms with Gasteiger partial charge in [-0.2, -0.15) is 0 Å². The average Bonchev–Trinajstić information content (AvgIpc) is 3.43. The largest absolute Gasteiger partial charge is 0.477 e. The average molecular weight is 436 g/mol. The van der Waals surface area contributed by atoms with Gasteiger partial charge in [-0.3, -0.25) is 4.79 Å². The summed E-state index contributed by atoms with van der Waals surface area (Å²) in [6.45, 7) is 7.07. The van der Waals surface area contributed by atoms with E-state index in [9.17, 15) is 14.7 Å². The maximum atomic E-state index is 15.7. The quantitative estimate of drug-likeness (QED) is 0.788. The van der Waals surface area contributed by atoms with Crippen LogP contribution in [0.2, 0.25) is 5.02 Å². The zero-order valence-electron chi connectivity index (χ0n) is 17.9. The second-order valence-corrected chi connectivity index (χ2v) is 9.87. The molecule has 2 fully saturated rings. The third-order valence-corrected chi connectivity index (χ3v) is 6.92. The number of halogens is 2. The van der Waals surface area contributed by atoms with Crippen molar-refractivity contribution in [3.05, 3.63) is 38.4 Å². The molecule has 0 amide bonds. The minimum atomic E-state index is -1.31. The van der Waals surface area contributed by atoms with Crippen LogP contribution in [0.15, 0.2) is 11.0 Å². The van der Waals surface area contributed by atoms with E-state index >= 15 is 4.39 Å². The summed E-state index contributed by atoms with van der Waals surface area (Å²) in [5.41, 5.74) is -0.225. The van der Waals surface area contributed by atoms with Crippen LogP contribution < -0.4 is 10.3 Å². The molecule has 1 aromatic carbocycles. The summed E-state index contributed by atoms with van der Waals surface area (Å²) >= 11 is 6.80. The van der Waals surface area contributed by atoms with Crippen molar-refractivity contribution in [1.29, 1.82) is 0 Å². The van der Waals surface area contributed by atoms with Crippen molar-refractivity contribution in [1.82, 2.24) is 9.47 Å². The van der Waals surface area contributed by atoms with Crippen LogP contribution in [0.1, 0.15) is 48.7 Å². The molecule has 0 radical (unpaired) electrons. The molecule has 1 saturated carbocycles. The Labute approximate surface area is 179 Å². The van der Waals surface area contributed by atoms with Gasteiger partial charge in [-0.05, 0) is 39.3 Å². The van der Waals surface area contributed by atoms with E-state index in [0.29, 0.717) is 24.3 Å². The fraction of sp³-hybridized carbons (Fsp3) is 0.545. The van der Waals surface area contributed by atoms with Crippen LogP contribution in [0, 0.1) is 18.2 Å². The van der Waals surface area contributed by atoms with Crippen LogP contribution in [0.25, 0.3) is 10.9 Å². The van der Waals surface area contributed by atoms with Gasteiger partial charge in [-0.15, -0.1) is 0 Å². The van der Waals surface area contributed by atoms with E-state index in [1.54, 1.807) is 4.57 Å². The van der Waals surface area contributed by atoms with Crippen molar-refractivity contribution in [2.45, 2.75) is 45.7 Å². The predicted octanol–water partition coefficient (Wildman–Crippen LogP) is 3.91. The van der Waals surface area contributed by atoms with Crippen molar-refractivity contribution >= 4 is 34.2 Å². The lowest BCUT2D eigenvalue weighted by Crippen LogP contribution is -2.39. The van der Waals surface area contributed by atoms with E-state index in [-0.39, 0.29) is 39.0 Å². The highest BCUT2D eigenvalue weighted by Gasteiger charge is 2.43. The van der Waals surface area contributed by atoms with E-state index in [4.69, 9.17) is 11.6 Å². The second kappa shape index (κ2) is 6.95. The molecule has 0 unspecified atom stereocenters. The van der Waals surface area contributed by atoms with Gasteiger partial charge >= 0.3 is 5.97 Å². The maximum Gasteiger partial charge on any atom is 0.341 e. The first-order valence-electron chi connectivity index (χ1n) is 10.2. The first-order valence-corrected chi connectivity index (χ1v) is 10.5. The van der Waals surface area contributed by atoms with Gasteiger partial charge in [0.25, 0.3) is 0 Å². The summed E-state index contributed by atoms with van der Waals surface area (Å²) < 4.78 is 17.4. The van der Waals surface area contributed by atoms with E-state index in [1.807, 2.05) is 19.0 Å². The summed E-state index contributed by atoms with van der Waals surface area (Å²) in [4.78, 5) is 28.7. The van der Waals surface area contributed by atoms with Gasteiger partial charge in [-0.25, -0.2) is 9.18 Å². The molecule has 2 aromatic rings. The number of aromatic nitrogens is 1. The molecular formula is C22H27ClFN3O3. The number of fused-ring (bicyclic) bond motifs is 1. The molecule has 1 aromatic heterocycles. The number of anilines is 1. The Balaban J connectivity index is 2.01. The highest BCUT2D eigenvalue weighted by atomic mass is 35.5. The number of carboxylic acid groups (broad SMARTS) is 1. The number of rotatable bonds is 4. The molecule has 2 heterocycles. The minimum Gasteiger partial charge on any atom is -0.477 e. The third-order valence-electron chi connectivity index (χ3n) is 6.57. The van der Waals surface area contributed by atoms with Gasteiger partial charge in [-0.1, -0.05) is 25.4 Å². The number of nitrogens with zero attached hydrogens (tertiary/aromatic N) is 3. The highest BCUT2D eigenvalue weighted by Crippen LogP contribution is 2.45. The van der Waals surface area contributed by atoms with Crippen LogP contribution in [0.3, 0.4) is 0 Å². The predicted molar refractivity (Wildman–Crippen MR) is 117 cm³/mol. The molecule has 1 saturated heterocycles. The van der Waals surface area contributed by atoms with Gasteiger partial charge < -0.3 is 19.5 Å². The lowest BCUT2D eigenvalue weighted by Gasteiger charge is -2.30. The second-order valence-electron chi connectivity index (χ2n) is 9.49. The highest BCUT2D eigenvalue weighted by molar-refractivity contribution is 6.38. The van der Waals surface area contributed by atoms with Crippen molar-refractivity contribution in [3.63, 3.8) is 0 Å². The number of aryl methyl sites for hydroxylation is 1. The van der Waals surface area contributed by atoms with Gasteiger partial charge in [0.15, 0.2) is 5.82 Å². The molecular weight excluding hydrogens is 409 g/mol. The number of pyridine rings is 1. The van der Waals surface area contributed by atoms with Gasteiger partial charge in [0, 0.05) is 36.9 Å². The molecule has 30 heavy (non-hydrogen) atoms. The number of carbonyl (C=O) groups is 1. The number of likely N-dealkylation sites (N-methyl/N-ethyl adjacent to an activating group) is 1.